The van der Waals surface area contributed by atoms with Crippen LogP contribution in [-0.2, 0) is 6.18 Å². The zero-order valence-electron chi connectivity index (χ0n) is 11.0. The maximum Gasteiger partial charge on any atom is 0.416 e. The fourth-order valence-electron chi connectivity index (χ4n) is 1.60. The van der Waals surface area contributed by atoms with Crippen LogP contribution in [0, 0.1) is 0 Å². The van der Waals surface area contributed by atoms with E-state index in [9.17, 15) is 18.0 Å². The van der Waals surface area contributed by atoms with Crippen LogP contribution < -0.4 is 10.6 Å². The molecule has 0 aromatic heterocycles. The van der Waals surface area contributed by atoms with Gasteiger partial charge in [0.2, 0.25) is 0 Å². The molecule has 0 radical (unpaired) electrons. The Kier molecular flexibility index (Phi) is 5.82. The molecule has 0 spiro atoms. The van der Waals surface area contributed by atoms with Crippen LogP contribution in [0.15, 0.2) is 24.3 Å². The second-order valence-electron chi connectivity index (χ2n) is 4.32. The molecule has 0 bridgehead atoms. The maximum atomic E-state index is 12.6. The van der Waals surface area contributed by atoms with E-state index in [0.29, 0.717) is 18.5 Å². The summed E-state index contributed by atoms with van der Waals surface area (Å²) in [6.45, 7) is 1.86. The van der Waals surface area contributed by atoms with E-state index < -0.39 is 23.8 Å². The molecule has 1 unspecified atom stereocenters. The largest absolute Gasteiger partial charge is 0.416 e. The molecule has 1 aromatic rings. The molecule has 0 fully saturated rings. The Balaban J connectivity index is 2.63. The first-order valence-electron chi connectivity index (χ1n) is 6.17. The third kappa shape index (κ3) is 5.08. The maximum absolute atomic E-state index is 12.6. The summed E-state index contributed by atoms with van der Waals surface area (Å²) < 4.78 is 37.7. The molecule has 3 N–H and O–H groups in total. The minimum atomic E-state index is -4.40. The van der Waals surface area contributed by atoms with Crippen molar-refractivity contribution in [1.82, 2.24) is 10.6 Å². The van der Waals surface area contributed by atoms with Gasteiger partial charge in [0.1, 0.15) is 0 Å². The molecule has 0 saturated heterocycles. The molecule has 0 aliphatic carbocycles. The summed E-state index contributed by atoms with van der Waals surface area (Å²) in [6.07, 6.45) is -3.98. The molecule has 0 saturated carbocycles. The van der Waals surface area contributed by atoms with Crippen LogP contribution in [0.1, 0.15) is 30.5 Å². The summed E-state index contributed by atoms with van der Waals surface area (Å²) in [5.74, 6) is 0. The lowest BCUT2D eigenvalue weighted by Crippen LogP contribution is -2.37. The summed E-state index contributed by atoms with van der Waals surface area (Å²) in [4.78, 5) is 11.5. The van der Waals surface area contributed by atoms with E-state index in [-0.39, 0.29) is 6.61 Å². The van der Waals surface area contributed by atoms with Crippen molar-refractivity contribution in [2.45, 2.75) is 25.6 Å². The molecule has 0 aliphatic heterocycles. The van der Waals surface area contributed by atoms with E-state index in [0.717, 1.165) is 12.1 Å². The Morgan fingerprint density at radius 1 is 1.40 bits per heavy atom. The molecule has 112 valence electrons. The van der Waals surface area contributed by atoms with Crippen molar-refractivity contribution < 1.29 is 23.1 Å². The standard InChI is InChI=1S/C13H17F3N2O2/c1-9(18-12(20)17-6-3-7-19)10-4-2-5-11(8-10)13(14,15)16/h2,4-5,8-9,19H,3,6-7H2,1H3,(H2,17,18,20). The zero-order chi connectivity index (χ0) is 15.2. The highest BCUT2D eigenvalue weighted by atomic mass is 19.4. The molecule has 1 rings (SSSR count). The molecular formula is C13H17F3N2O2. The number of aliphatic hydroxyl groups is 1. The first kappa shape index (κ1) is 16.3. The van der Waals surface area contributed by atoms with Gasteiger partial charge < -0.3 is 15.7 Å². The second kappa shape index (κ2) is 7.14. The highest BCUT2D eigenvalue weighted by Gasteiger charge is 2.30. The summed E-state index contributed by atoms with van der Waals surface area (Å²) >= 11 is 0. The average Bonchev–Trinajstić information content (AvgIpc) is 2.38. The Morgan fingerprint density at radius 2 is 2.10 bits per heavy atom. The van der Waals surface area contributed by atoms with Gasteiger partial charge in [-0.15, -0.1) is 0 Å². The fraction of sp³-hybridized carbons (Fsp3) is 0.462. The highest BCUT2D eigenvalue weighted by molar-refractivity contribution is 5.74. The number of rotatable bonds is 5. The number of halogens is 3. The topological polar surface area (TPSA) is 61.4 Å². The van der Waals surface area contributed by atoms with E-state index in [2.05, 4.69) is 10.6 Å². The summed E-state index contributed by atoms with van der Waals surface area (Å²) in [5.41, 5.74) is -0.374. The van der Waals surface area contributed by atoms with Crippen molar-refractivity contribution in [2.75, 3.05) is 13.2 Å². The quantitative estimate of drug-likeness (QED) is 0.729. The lowest BCUT2D eigenvalue weighted by Gasteiger charge is -2.16. The van der Waals surface area contributed by atoms with Gasteiger partial charge in [0.25, 0.3) is 0 Å². The van der Waals surface area contributed by atoms with Crippen molar-refractivity contribution in [2.24, 2.45) is 0 Å². The van der Waals surface area contributed by atoms with Gasteiger partial charge in [0.15, 0.2) is 0 Å². The van der Waals surface area contributed by atoms with Crippen LogP contribution in [0.4, 0.5) is 18.0 Å². The zero-order valence-corrected chi connectivity index (χ0v) is 11.0. The molecule has 20 heavy (non-hydrogen) atoms. The average molecular weight is 290 g/mol. The van der Waals surface area contributed by atoms with Crippen molar-refractivity contribution in [3.8, 4) is 0 Å². The minimum absolute atomic E-state index is 0.0382. The van der Waals surface area contributed by atoms with Crippen LogP contribution in [0.3, 0.4) is 0 Å². The summed E-state index contributed by atoms with van der Waals surface area (Å²) in [5, 5.41) is 13.6. The van der Waals surface area contributed by atoms with Gasteiger partial charge in [-0.25, -0.2) is 4.79 Å². The van der Waals surface area contributed by atoms with Crippen LogP contribution >= 0.6 is 0 Å². The lowest BCUT2D eigenvalue weighted by atomic mass is 10.1. The van der Waals surface area contributed by atoms with E-state index in [1.807, 2.05) is 0 Å². The van der Waals surface area contributed by atoms with Gasteiger partial charge in [0.05, 0.1) is 11.6 Å². The number of aliphatic hydroxyl groups excluding tert-OH is 1. The third-order valence-corrected chi connectivity index (χ3v) is 2.68. The second-order valence-corrected chi connectivity index (χ2v) is 4.32. The number of hydrogen-bond donors (Lipinski definition) is 3. The number of amides is 2. The smallest absolute Gasteiger partial charge is 0.396 e. The predicted octanol–water partition coefficient (Wildman–Crippen LogP) is 2.45. The van der Waals surface area contributed by atoms with Gasteiger partial charge >= 0.3 is 12.2 Å². The molecule has 1 atom stereocenters. The predicted molar refractivity (Wildman–Crippen MR) is 68.1 cm³/mol. The van der Waals surface area contributed by atoms with E-state index in [1.165, 1.54) is 12.1 Å². The summed E-state index contributed by atoms with van der Waals surface area (Å²) in [6, 6.07) is 3.79. The lowest BCUT2D eigenvalue weighted by molar-refractivity contribution is -0.137. The van der Waals surface area contributed by atoms with E-state index in [4.69, 9.17) is 5.11 Å². The van der Waals surface area contributed by atoms with Crippen LogP contribution in [0.25, 0.3) is 0 Å². The van der Waals surface area contributed by atoms with E-state index >= 15 is 0 Å². The Bertz CT molecular complexity index is 449. The molecule has 7 heteroatoms. The number of alkyl halides is 3. The van der Waals surface area contributed by atoms with Crippen LogP contribution in [0.2, 0.25) is 0 Å². The number of hydrogen-bond acceptors (Lipinski definition) is 2. The van der Waals surface area contributed by atoms with Gasteiger partial charge in [0, 0.05) is 13.2 Å². The molecule has 0 aliphatic rings. The number of benzene rings is 1. The molecular weight excluding hydrogens is 273 g/mol. The highest BCUT2D eigenvalue weighted by Crippen LogP contribution is 2.30. The van der Waals surface area contributed by atoms with Gasteiger partial charge in [-0.05, 0) is 31.0 Å². The Hall–Kier alpha value is -1.76. The van der Waals surface area contributed by atoms with Gasteiger partial charge in [-0.1, -0.05) is 12.1 Å². The molecule has 1 aromatic carbocycles. The Labute approximate surface area is 115 Å². The summed E-state index contributed by atoms with van der Waals surface area (Å²) in [7, 11) is 0. The van der Waals surface area contributed by atoms with Crippen LogP contribution in [0.5, 0.6) is 0 Å². The van der Waals surface area contributed by atoms with Crippen LogP contribution in [-0.4, -0.2) is 24.3 Å². The molecule has 4 nitrogen and oxygen atoms in total. The Morgan fingerprint density at radius 3 is 2.70 bits per heavy atom. The first-order valence-corrected chi connectivity index (χ1v) is 6.17. The monoisotopic (exact) mass is 290 g/mol. The van der Waals surface area contributed by atoms with Gasteiger partial charge in [-0.3, -0.25) is 0 Å². The van der Waals surface area contributed by atoms with Crippen molar-refractivity contribution in [3.63, 3.8) is 0 Å². The number of carbonyl (C=O) groups is 1. The number of nitrogens with one attached hydrogen (secondary N) is 2. The van der Waals surface area contributed by atoms with Crippen molar-refractivity contribution in [1.29, 1.82) is 0 Å². The van der Waals surface area contributed by atoms with Crippen molar-refractivity contribution >= 4 is 6.03 Å². The van der Waals surface area contributed by atoms with E-state index in [1.54, 1.807) is 6.92 Å². The minimum Gasteiger partial charge on any atom is -0.396 e. The normalized spacial score (nSPS) is 12.8. The third-order valence-electron chi connectivity index (χ3n) is 2.68. The first-order chi connectivity index (χ1) is 9.34. The molecule has 0 heterocycles. The molecule has 2 amide bonds. The number of urea groups is 1. The van der Waals surface area contributed by atoms with Gasteiger partial charge in [-0.2, -0.15) is 13.2 Å². The van der Waals surface area contributed by atoms with Crippen molar-refractivity contribution in [3.05, 3.63) is 35.4 Å². The number of carbonyl (C=O) groups excluding carboxylic acids is 1. The SMILES string of the molecule is CC(NC(=O)NCCCO)c1cccc(C(F)(F)F)c1. The fourth-order valence-corrected chi connectivity index (χ4v) is 1.60.